The molecule has 0 aliphatic heterocycles. The second-order valence-electron chi connectivity index (χ2n) is 1.67. The van der Waals surface area contributed by atoms with Crippen LogP contribution in [-0.2, 0) is 6.42 Å². The minimum atomic E-state index is 0.154. The highest BCUT2D eigenvalue weighted by atomic mass is 79.9. The molecule has 50 valence electrons. The Morgan fingerprint density at radius 2 is 2.56 bits per heavy atom. The minimum absolute atomic E-state index is 0.154. The minimum Gasteiger partial charge on any atom is -0.396 e. The number of halogens is 1. The molecule has 0 aliphatic rings. The second-order valence-corrected chi connectivity index (χ2v) is 2.52. The number of hydrogen-bond acceptors (Lipinski definition) is 2. The summed E-state index contributed by atoms with van der Waals surface area (Å²) < 4.78 is 0.927. The molecule has 0 saturated heterocycles. The van der Waals surface area contributed by atoms with E-state index < -0.39 is 0 Å². The average Bonchev–Trinajstić information content (AvgIpc) is 2.18. The zero-order valence-electron chi connectivity index (χ0n) is 4.76. The summed E-state index contributed by atoms with van der Waals surface area (Å²) in [5, 5.41) is 15.0. The molecule has 1 aromatic rings. The molecule has 1 aromatic heterocycles. The number of nitrogens with zero attached hydrogens (tertiary/aromatic N) is 1. The van der Waals surface area contributed by atoms with E-state index in [-0.39, 0.29) is 6.61 Å². The van der Waals surface area contributed by atoms with Crippen LogP contribution in [0, 0.1) is 0 Å². The van der Waals surface area contributed by atoms with E-state index in [2.05, 4.69) is 26.1 Å². The van der Waals surface area contributed by atoms with Crippen LogP contribution in [0.4, 0.5) is 0 Å². The molecule has 0 bridgehead atoms. The number of aliphatic hydroxyl groups is 1. The normalized spacial score (nSPS) is 10.0. The summed E-state index contributed by atoms with van der Waals surface area (Å²) in [5.41, 5.74) is 0.942. The summed E-state index contributed by atoms with van der Waals surface area (Å²) in [7, 11) is 0. The van der Waals surface area contributed by atoms with Crippen molar-refractivity contribution in [3.05, 3.63) is 16.4 Å². The van der Waals surface area contributed by atoms with E-state index in [1.807, 2.05) is 0 Å². The van der Waals surface area contributed by atoms with Crippen molar-refractivity contribution in [2.75, 3.05) is 6.61 Å². The zero-order chi connectivity index (χ0) is 6.69. The fraction of sp³-hybridized carbons (Fsp3) is 0.400. The van der Waals surface area contributed by atoms with Crippen LogP contribution in [0.25, 0.3) is 0 Å². The van der Waals surface area contributed by atoms with Gasteiger partial charge in [-0.15, -0.1) is 0 Å². The number of rotatable bonds is 2. The van der Waals surface area contributed by atoms with Gasteiger partial charge in [-0.1, -0.05) is 0 Å². The fourth-order valence-corrected chi connectivity index (χ4v) is 0.975. The highest BCUT2D eigenvalue weighted by Gasteiger charge is 1.98. The van der Waals surface area contributed by atoms with Gasteiger partial charge in [-0.3, -0.25) is 5.10 Å². The van der Waals surface area contributed by atoms with Crippen molar-refractivity contribution in [3.63, 3.8) is 0 Å². The number of aromatic nitrogens is 2. The van der Waals surface area contributed by atoms with Crippen LogP contribution in [0.2, 0.25) is 0 Å². The van der Waals surface area contributed by atoms with Gasteiger partial charge >= 0.3 is 0 Å². The molecular weight excluding hydrogens is 184 g/mol. The maximum Gasteiger partial charge on any atom is 0.0632 e. The Balaban J connectivity index is 2.69. The van der Waals surface area contributed by atoms with Gasteiger partial charge in [0.25, 0.3) is 0 Å². The summed E-state index contributed by atoms with van der Waals surface area (Å²) in [6.07, 6.45) is 2.30. The van der Waals surface area contributed by atoms with E-state index in [0.29, 0.717) is 6.42 Å². The first-order chi connectivity index (χ1) is 4.34. The highest BCUT2D eigenvalue weighted by molar-refractivity contribution is 9.10. The van der Waals surface area contributed by atoms with E-state index in [9.17, 15) is 0 Å². The lowest BCUT2D eigenvalue weighted by Gasteiger charge is -1.90. The third-order valence-corrected chi connectivity index (χ3v) is 1.71. The monoisotopic (exact) mass is 190 g/mol. The van der Waals surface area contributed by atoms with E-state index >= 15 is 0 Å². The van der Waals surface area contributed by atoms with Crippen molar-refractivity contribution in [1.29, 1.82) is 0 Å². The van der Waals surface area contributed by atoms with Crippen molar-refractivity contribution in [2.24, 2.45) is 0 Å². The Labute approximate surface area is 61.2 Å². The molecule has 0 atom stereocenters. The third-order valence-electron chi connectivity index (χ3n) is 1.03. The molecule has 0 fully saturated rings. The van der Waals surface area contributed by atoms with E-state index in [4.69, 9.17) is 5.11 Å². The third kappa shape index (κ3) is 1.53. The summed E-state index contributed by atoms with van der Waals surface area (Å²) in [6.45, 7) is 0.154. The Hall–Kier alpha value is -0.350. The van der Waals surface area contributed by atoms with E-state index in [0.717, 1.165) is 10.2 Å². The average molecular weight is 191 g/mol. The highest BCUT2D eigenvalue weighted by Crippen LogP contribution is 2.12. The van der Waals surface area contributed by atoms with Gasteiger partial charge in [0.1, 0.15) is 0 Å². The number of aromatic amines is 1. The van der Waals surface area contributed by atoms with E-state index in [1.165, 1.54) is 0 Å². The molecule has 1 heterocycles. The first-order valence-corrected chi connectivity index (χ1v) is 3.42. The molecule has 0 saturated carbocycles. The van der Waals surface area contributed by atoms with Crippen LogP contribution in [0.15, 0.2) is 10.7 Å². The van der Waals surface area contributed by atoms with Crippen LogP contribution in [-0.4, -0.2) is 21.9 Å². The van der Waals surface area contributed by atoms with Gasteiger partial charge in [-0.25, -0.2) is 0 Å². The van der Waals surface area contributed by atoms with Crippen molar-refractivity contribution in [3.8, 4) is 0 Å². The van der Waals surface area contributed by atoms with Crippen LogP contribution in [0.1, 0.15) is 5.69 Å². The van der Waals surface area contributed by atoms with Gasteiger partial charge in [0.15, 0.2) is 0 Å². The zero-order valence-corrected chi connectivity index (χ0v) is 6.35. The molecule has 0 amide bonds. The van der Waals surface area contributed by atoms with Gasteiger partial charge < -0.3 is 5.11 Å². The molecule has 1 rings (SSSR count). The lowest BCUT2D eigenvalue weighted by molar-refractivity contribution is 0.298. The second kappa shape index (κ2) is 2.98. The maximum atomic E-state index is 8.49. The summed E-state index contributed by atoms with van der Waals surface area (Å²) in [5.74, 6) is 0. The molecule has 0 radical (unpaired) electrons. The topological polar surface area (TPSA) is 48.9 Å². The Morgan fingerprint density at radius 3 is 3.00 bits per heavy atom. The lowest BCUT2D eigenvalue weighted by atomic mass is 10.3. The smallest absolute Gasteiger partial charge is 0.0632 e. The summed E-state index contributed by atoms with van der Waals surface area (Å²) in [4.78, 5) is 0. The molecule has 2 N–H and O–H groups in total. The van der Waals surface area contributed by atoms with E-state index in [1.54, 1.807) is 6.20 Å². The Morgan fingerprint density at radius 1 is 1.78 bits per heavy atom. The fourth-order valence-electron chi connectivity index (χ4n) is 0.585. The maximum absolute atomic E-state index is 8.49. The van der Waals surface area contributed by atoms with Crippen LogP contribution in [0.3, 0.4) is 0 Å². The largest absolute Gasteiger partial charge is 0.396 e. The predicted octanol–water partition coefficient (Wildman–Crippen LogP) is 0.707. The van der Waals surface area contributed by atoms with Gasteiger partial charge in [0, 0.05) is 13.0 Å². The Kier molecular flexibility index (Phi) is 2.24. The molecule has 0 spiro atoms. The van der Waals surface area contributed by atoms with Crippen molar-refractivity contribution < 1.29 is 5.11 Å². The quantitative estimate of drug-likeness (QED) is 0.722. The number of nitrogens with one attached hydrogen (secondary N) is 1. The lowest BCUT2D eigenvalue weighted by Crippen LogP contribution is -1.90. The molecule has 0 aromatic carbocycles. The molecule has 9 heavy (non-hydrogen) atoms. The number of H-pyrrole nitrogens is 1. The number of aliphatic hydroxyl groups excluding tert-OH is 1. The molecule has 3 nitrogen and oxygen atoms in total. The van der Waals surface area contributed by atoms with Gasteiger partial charge in [0.05, 0.1) is 16.4 Å². The standard InChI is InChI=1S/C5H7BrN2O/c6-4-3-7-8-5(4)1-2-9/h3,9H,1-2H2,(H,7,8). The number of hydrogen-bond donors (Lipinski definition) is 2. The first-order valence-electron chi connectivity index (χ1n) is 2.63. The van der Waals surface area contributed by atoms with Crippen LogP contribution >= 0.6 is 15.9 Å². The van der Waals surface area contributed by atoms with Crippen molar-refractivity contribution in [1.82, 2.24) is 10.2 Å². The van der Waals surface area contributed by atoms with Crippen LogP contribution < -0.4 is 0 Å². The molecule has 0 aliphatic carbocycles. The van der Waals surface area contributed by atoms with Crippen molar-refractivity contribution in [2.45, 2.75) is 6.42 Å². The first kappa shape index (κ1) is 6.77. The molecule has 4 heteroatoms. The summed E-state index contributed by atoms with van der Waals surface area (Å²) >= 11 is 3.26. The van der Waals surface area contributed by atoms with Gasteiger partial charge in [0.2, 0.25) is 0 Å². The molecular formula is C5H7BrN2O. The summed E-state index contributed by atoms with van der Waals surface area (Å²) in [6, 6.07) is 0. The van der Waals surface area contributed by atoms with Gasteiger partial charge in [-0.05, 0) is 15.9 Å². The van der Waals surface area contributed by atoms with Gasteiger partial charge in [-0.2, -0.15) is 5.10 Å². The molecule has 0 unspecified atom stereocenters. The predicted molar refractivity (Wildman–Crippen MR) is 37.1 cm³/mol. The van der Waals surface area contributed by atoms with Crippen LogP contribution in [0.5, 0.6) is 0 Å². The SMILES string of the molecule is OCCc1[nH]ncc1Br. The van der Waals surface area contributed by atoms with Crippen molar-refractivity contribution >= 4 is 15.9 Å². The Bertz CT molecular complexity index is 187.